The molecule has 1 aromatic carbocycles. The van der Waals surface area contributed by atoms with E-state index in [1.54, 1.807) is 56.6 Å². The molecule has 0 atom stereocenters. The quantitative estimate of drug-likeness (QED) is 0.695. The fraction of sp³-hybridized carbons (Fsp3) is 0.158. The van der Waals surface area contributed by atoms with Gasteiger partial charge in [-0.2, -0.15) is 0 Å². The molecule has 0 bridgehead atoms. The predicted octanol–water partition coefficient (Wildman–Crippen LogP) is 3.89. The molecule has 2 heterocycles. The number of carbonyl (C=O) groups excluding carboxylic acids is 2. The number of amides is 2. The van der Waals surface area contributed by atoms with Crippen LogP contribution in [0.3, 0.4) is 0 Å². The van der Waals surface area contributed by atoms with Crippen molar-refractivity contribution in [2.45, 2.75) is 0 Å². The number of hydrogen-bond acceptors (Lipinski definition) is 6. The highest BCUT2D eigenvalue weighted by Crippen LogP contribution is 2.32. The van der Waals surface area contributed by atoms with Gasteiger partial charge in [0.05, 0.1) is 30.4 Å². The first kappa shape index (κ1) is 18.5. The number of hydrogen-bond donors (Lipinski definition) is 1. The van der Waals surface area contributed by atoms with Crippen LogP contribution in [0.4, 0.5) is 10.7 Å². The third-order valence-corrected chi connectivity index (χ3v) is 4.85. The molecule has 2 aromatic heterocycles. The van der Waals surface area contributed by atoms with Gasteiger partial charge in [0.25, 0.3) is 11.8 Å². The van der Waals surface area contributed by atoms with Gasteiger partial charge in [-0.15, -0.1) is 11.3 Å². The molecule has 7 nitrogen and oxygen atoms in total. The normalized spacial score (nSPS) is 10.3. The number of nitrogens with zero attached hydrogens (tertiary/aromatic N) is 1. The average molecular weight is 386 g/mol. The van der Waals surface area contributed by atoms with Gasteiger partial charge >= 0.3 is 0 Å². The van der Waals surface area contributed by atoms with Gasteiger partial charge in [0.15, 0.2) is 17.3 Å². The topological polar surface area (TPSA) is 81.0 Å². The molecule has 0 fully saturated rings. The summed E-state index contributed by atoms with van der Waals surface area (Å²) in [7, 11) is 4.76. The number of furan rings is 1. The van der Waals surface area contributed by atoms with Crippen molar-refractivity contribution < 1.29 is 23.5 Å². The minimum absolute atomic E-state index is 0.203. The summed E-state index contributed by atoms with van der Waals surface area (Å²) in [6.07, 6.45) is 1.43. The third kappa shape index (κ3) is 3.95. The van der Waals surface area contributed by atoms with Gasteiger partial charge in [-0.1, -0.05) is 0 Å². The zero-order chi connectivity index (χ0) is 19.4. The summed E-state index contributed by atoms with van der Waals surface area (Å²) >= 11 is 1.19. The summed E-state index contributed by atoms with van der Waals surface area (Å²) in [6.45, 7) is 0. The zero-order valence-corrected chi connectivity index (χ0v) is 15.8. The molecule has 0 aliphatic carbocycles. The van der Waals surface area contributed by atoms with Crippen molar-refractivity contribution in [3.8, 4) is 11.5 Å². The Hall–Kier alpha value is -3.26. The number of methoxy groups -OCH3 is 2. The predicted molar refractivity (Wildman–Crippen MR) is 103 cm³/mol. The Balaban J connectivity index is 1.74. The Labute approximate surface area is 160 Å². The van der Waals surface area contributed by atoms with Crippen LogP contribution in [0.25, 0.3) is 0 Å². The minimum atomic E-state index is -0.367. The lowest BCUT2D eigenvalue weighted by molar-refractivity contribution is 0.0989. The molecule has 3 rings (SSSR count). The summed E-state index contributed by atoms with van der Waals surface area (Å²) in [4.78, 5) is 26.8. The monoisotopic (exact) mass is 386 g/mol. The maximum absolute atomic E-state index is 12.8. The molecule has 8 heteroatoms. The van der Waals surface area contributed by atoms with Crippen LogP contribution in [-0.4, -0.2) is 33.1 Å². The van der Waals surface area contributed by atoms with Gasteiger partial charge in [0.2, 0.25) is 0 Å². The largest absolute Gasteiger partial charge is 0.493 e. The van der Waals surface area contributed by atoms with Crippen molar-refractivity contribution in [2.75, 3.05) is 31.5 Å². The molecule has 0 unspecified atom stereocenters. The number of carbonyl (C=O) groups is 2. The van der Waals surface area contributed by atoms with Crippen LogP contribution in [0.1, 0.15) is 20.2 Å². The first-order chi connectivity index (χ1) is 13.0. The summed E-state index contributed by atoms with van der Waals surface area (Å²) in [5.74, 6) is 0.756. The van der Waals surface area contributed by atoms with E-state index in [2.05, 4.69) is 5.32 Å². The van der Waals surface area contributed by atoms with E-state index in [0.717, 1.165) is 0 Å². The number of nitrogens with one attached hydrogen (secondary N) is 1. The van der Waals surface area contributed by atoms with Crippen LogP contribution in [-0.2, 0) is 0 Å². The second-order valence-electron chi connectivity index (χ2n) is 5.50. The van der Waals surface area contributed by atoms with E-state index < -0.39 is 0 Å². The molecule has 2 amide bonds. The maximum Gasteiger partial charge on any atom is 0.291 e. The number of thiophene rings is 1. The van der Waals surface area contributed by atoms with E-state index in [1.807, 2.05) is 0 Å². The molecule has 3 aromatic rings. The van der Waals surface area contributed by atoms with Gasteiger partial charge < -0.3 is 24.1 Å². The lowest BCUT2D eigenvalue weighted by atomic mass is 10.2. The van der Waals surface area contributed by atoms with Crippen molar-refractivity contribution in [2.24, 2.45) is 0 Å². The lowest BCUT2D eigenvalue weighted by Crippen LogP contribution is -2.25. The Morgan fingerprint density at radius 1 is 1.07 bits per heavy atom. The standard InChI is InChI=1S/C19H18N2O5S/c1-21(12-6-7-13(24-2)15(11-12)25-3)19(23)16-8-9-17(27-16)20-18(22)14-5-4-10-26-14/h4-11H,1-3H3,(H,20,22). The average Bonchev–Trinajstić information content (AvgIpc) is 3.38. The van der Waals surface area contributed by atoms with E-state index in [9.17, 15) is 9.59 Å². The van der Waals surface area contributed by atoms with Gasteiger partial charge in [-0.3, -0.25) is 9.59 Å². The Kier molecular flexibility index (Phi) is 5.46. The zero-order valence-electron chi connectivity index (χ0n) is 15.0. The second kappa shape index (κ2) is 7.96. The maximum atomic E-state index is 12.8. The molecule has 0 saturated heterocycles. The van der Waals surface area contributed by atoms with Crippen molar-refractivity contribution in [3.05, 3.63) is 59.4 Å². The number of ether oxygens (including phenoxy) is 2. The molecule has 0 aliphatic heterocycles. The molecular formula is C19H18N2O5S. The van der Waals surface area contributed by atoms with E-state index >= 15 is 0 Å². The molecule has 27 heavy (non-hydrogen) atoms. The van der Waals surface area contributed by atoms with Gasteiger partial charge in [0.1, 0.15) is 0 Å². The van der Waals surface area contributed by atoms with Crippen molar-refractivity contribution in [3.63, 3.8) is 0 Å². The van der Waals surface area contributed by atoms with Gasteiger partial charge in [-0.05, 0) is 36.4 Å². The van der Waals surface area contributed by atoms with E-state index in [-0.39, 0.29) is 17.6 Å². The molecule has 1 N–H and O–H groups in total. The third-order valence-electron chi connectivity index (χ3n) is 3.86. The lowest BCUT2D eigenvalue weighted by Gasteiger charge is -2.18. The number of anilines is 2. The molecule has 0 saturated carbocycles. The molecule has 140 valence electrons. The summed E-state index contributed by atoms with van der Waals surface area (Å²) in [5, 5.41) is 3.27. The van der Waals surface area contributed by atoms with Gasteiger partial charge in [0, 0.05) is 18.8 Å². The van der Waals surface area contributed by atoms with E-state index in [0.29, 0.717) is 27.1 Å². The van der Waals surface area contributed by atoms with Crippen LogP contribution in [0, 0.1) is 0 Å². The van der Waals surface area contributed by atoms with E-state index in [4.69, 9.17) is 13.9 Å². The molecule has 0 radical (unpaired) electrons. The Morgan fingerprint density at radius 2 is 1.85 bits per heavy atom. The van der Waals surface area contributed by atoms with Crippen LogP contribution in [0.5, 0.6) is 11.5 Å². The van der Waals surface area contributed by atoms with Gasteiger partial charge in [-0.25, -0.2) is 0 Å². The SMILES string of the molecule is COc1ccc(N(C)C(=O)c2ccc(NC(=O)c3ccco3)s2)cc1OC. The fourth-order valence-corrected chi connectivity index (χ4v) is 3.29. The smallest absolute Gasteiger partial charge is 0.291 e. The molecular weight excluding hydrogens is 368 g/mol. The first-order valence-corrected chi connectivity index (χ1v) is 8.80. The van der Waals surface area contributed by atoms with Crippen LogP contribution >= 0.6 is 11.3 Å². The highest BCUT2D eigenvalue weighted by atomic mass is 32.1. The fourth-order valence-electron chi connectivity index (χ4n) is 2.42. The summed E-state index contributed by atoms with van der Waals surface area (Å²) < 4.78 is 15.5. The highest BCUT2D eigenvalue weighted by molar-refractivity contribution is 7.18. The van der Waals surface area contributed by atoms with Crippen molar-refractivity contribution >= 4 is 33.8 Å². The molecule has 0 spiro atoms. The van der Waals surface area contributed by atoms with Crippen LogP contribution in [0.2, 0.25) is 0 Å². The summed E-state index contributed by atoms with van der Waals surface area (Å²) in [5.41, 5.74) is 0.659. The van der Waals surface area contributed by atoms with Crippen molar-refractivity contribution in [1.29, 1.82) is 0 Å². The first-order valence-electron chi connectivity index (χ1n) is 7.98. The highest BCUT2D eigenvalue weighted by Gasteiger charge is 2.18. The number of rotatable bonds is 6. The Bertz CT molecular complexity index is 949. The minimum Gasteiger partial charge on any atom is -0.493 e. The van der Waals surface area contributed by atoms with Crippen LogP contribution < -0.4 is 19.7 Å². The van der Waals surface area contributed by atoms with Crippen molar-refractivity contribution in [1.82, 2.24) is 0 Å². The van der Waals surface area contributed by atoms with E-state index in [1.165, 1.54) is 29.6 Å². The molecule has 0 aliphatic rings. The number of benzene rings is 1. The van der Waals surface area contributed by atoms with Crippen LogP contribution in [0.15, 0.2) is 53.1 Å². The summed E-state index contributed by atoms with van der Waals surface area (Å²) in [6, 6.07) is 11.8. The Morgan fingerprint density at radius 3 is 2.52 bits per heavy atom. The second-order valence-corrected chi connectivity index (χ2v) is 6.58.